The van der Waals surface area contributed by atoms with Crippen LogP contribution >= 0.6 is 0 Å². The van der Waals surface area contributed by atoms with Gasteiger partial charge in [-0.2, -0.15) is 0 Å². The van der Waals surface area contributed by atoms with Crippen LogP contribution in [0.1, 0.15) is 30.0 Å². The van der Waals surface area contributed by atoms with Crippen molar-refractivity contribution in [3.05, 3.63) is 29.3 Å². The van der Waals surface area contributed by atoms with Crippen molar-refractivity contribution in [2.45, 2.75) is 25.3 Å². The summed E-state index contributed by atoms with van der Waals surface area (Å²) in [6.07, 6.45) is 3.58. The van der Waals surface area contributed by atoms with E-state index in [9.17, 15) is 5.11 Å². The quantitative estimate of drug-likeness (QED) is 0.855. The van der Waals surface area contributed by atoms with E-state index >= 15 is 0 Å². The van der Waals surface area contributed by atoms with E-state index in [0.717, 1.165) is 18.9 Å². The molecule has 0 aromatic heterocycles. The molecule has 0 spiro atoms. The monoisotopic (exact) mass is 246 g/mol. The van der Waals surface area contributed by atoms with E-state index in [2.05, 4.69) is 23.3 Å². The Morgan fingerprint density at radius 1 is 1.39 bits per heavy atom. The number of fused-ring (bicyclic) bond motifs is 1. The summed E-state index contributed by atoms with van der Waals surface area (Å²) in [5.41, 5.74) is 2.70. The van der Waals surface area contributed by atoms with Gasteiger partial charge in [0.05, 0.1) is 0 Å². The molecule has 3 nitrogen and oxygen atoms in total. The molecule has 1 saturated heterocycles. The number of phenols is 1. The molecular weight excluding hydrogens is 224 g/mol. The number of phenolic OH excluding ortho intramolecular Hbond substituents is 1. The smallest absolute Gasteiger partial charge is 0.115 e. The molecule has 0 radical (unpaired) electrons. The Hall–Kier alpha value is -1.06. The molecule has 2 aliphatic rings. The predicted octanol–water partition coefficient (Wildman–Crippen LogP) is 1.92. The summed E-state index contributed by atoms with van der Waals surface area (Å²) < 4.78 is 0. The first kappa shape index (κ1) is 12.0. The van der Waals surface area contributed by atoms with E-state index in [4.69, 9.17) is 0 Å². The SMILES string of the molecule is CN1CCC(CNC2CCc3cc(O)ccc32)C1. The first-order valence-corrected chi connectivity index (χ1v) is 6.96. The van der Waals surface area contributed by atoms with Crippen LogP contribution in [0, 0.1) is 5.92 Å². The number of likely N-dealkylation sites (tertiary alicyclic amines) is 1. The summed E-state index contributed by atoms with van der Waals surface area (Å²) in [5.74, 6) is 1.20. The van der Waals surface area contributed by atoms with E-state index in [0.29, 0.717) is 11.8 Å². The van der Waals surface area contributed by atoms with E-state index in [1.54, 1.807) is 0 Å². The molecule has 1 fully saturated rings. The highest BCUT2D eigenvalue weighted by molar-refractivity contribution is 5.40. The average Bonchev–Trinajstić information content (AvgIpc) is 2.92. The van der Waals surface area contributed by atoms with Gasteiger partial charge in [0.25, 0.3) is 0 Å². The van der Waals surface area contributed by atoms with Crippen LogP contribution in [-0.2, 0) is 6.42 Å². The third-order valence-corrected chi connectivity index (χ3v) is 4.35. The molecular formula is C15H22N2O. The van der Waals surface area contributed by atoms with Gasteiger partial charge in [0.15, 0.2) is 0 Å². The van der Waals surface area contributed by atoms with Crippen LogP contribution in [0.2, 0.25) is 0 Å². The topological polar surface area (TPSA) is 35.5 Å². The van der Waals surface area contributed by atoms with E-state index in [1.807, 2.05) is 12.1 Å². The number of nitrogens with one attached hydrogen (secondary N) is 1. The molecule has 1 heterocycles. The van der Waals surface area contributed by atoms with Crippen molar-refractivity contribution in [3.8, 4) is 5.75 Å². The number of rotatable bonds is 3. The Labute approximate surface area is 109 Å². The second-order valence-corrected chi connectivity index (χ2v) is 5.80. The lowest BCUT2D eigenvalue weighted by molar-refractivity contribution is 0.378. The van der Waals surface area contributed by atoms with Crippen molar-refractivity contribution in [2.24, 2.45) is 5.92 Å². The molecule has 1 aliphatic carbocycles. The molecule has 1 aromatic rings. The van der Waals surface area contributed by atoms with Crippen LogP contribution in [-0.4, -0.2) is 36.7 Å². The zero-order chi connectivity index (χ0) is 12.5. The van der Waals surface area contributed by atoms with Gasteiger partial charge in [-0.15, -0.1) is 0 Å². The normalized spacial score (nSPS) is 27.6. The second-order valence-electron chi connectivity index (χ2n) is 5.80. The summed E-state index contributed by atoms with van der Waals surface area (Å²) in [6.45, 7) is 3.58. The van der Waals surface area contributed by atoms with Crippen LogP contribution in [0.25, 0.3) is 0 Å². The van der Waals surface area contributed by atoms with Crippen LogP contribution in [0.15, 0.2) is 18.2 Å². The molecule has 2 atom stereocenters. The third-order valence-electron chi connectivity index (χ3n) is 4.35. The number of hydrogen-bond donors (Lipinski definition) is 2. The third kappa shape index (κ3) is 2.38. The van der Waals surface area contributed by atoms with Gasteiger partial charge < -0.3 is 15.3 Å². The molecule has 3 rings (SSSR count). The first-order valence-electron chi connectivity index (χ1n) is 6.96. The highest BCUT2D eigenvalue weighted by Crippen LogP contribution is 2.33. The highest BCUT2D eigenvalue weighted by Gasteiger charge is 2.25. The fraction of sp³-hybridized carbons (Fsp3) is 0.600. The minimum Gasteiger partial charge on any atom is -0.508 e. The molecule has 1 aromatic carbocycles. The fourth-order valence-corrected chi connectivity index (χ4v) is 3.32. The maximum Gasteiger partial charge on any atom is 0.115 e. The average molecular weight is 246 g/mol. The van der Waals surface area contributed by atoms with Crippen LogP contribution in [0.4, 0.5) is 0 Å². The van der Waals surface area contributed by atoms with Crippen molar-refractivity contribution in [2.75, 3.05) is 26.7 Å². The molecule has 1 aliphatic heterocycles. The maximum atomic E-state index is 9.49. The van der Waals surface area contributed by atoms with Gasteiger partial charge >= 0.3 is 0 Å². The van der Waals surface area contributed by atoms with Gasteiger partial charge in [0.1, 0.15) is 5.75 Å². The predicted molar refractivity (Wildman–Crippen MR) is 72.8 cm³/mol. The number of benzene rings is 1. The molecule has 0 saturated carbocycles. The van der Waals surface area contributed by atoms with E-state index in [-0.39, 0.29) is 0 Å². The lowest BCUT2D eigenvalue weighted by atomic mass is 10.1. The zero-order valence-corrected chi connectivity index (χ0v) is 11.0. The van der Waals surface area contributed by atoms with Crippen molar-refractivity contribution in [1.82, 2.24) is 10.2 Å². The Morgan fingerprint density at radius 2 is 2.28 bits per heavy atom. The standard InChI is InChI=1S/C15H22N2O/c1-17-7-6-11(10-17)9-16-15-5-2-12-8-13(18)3-4-14(12)15/h3-4,8,11,15-16,18H,2,5-7,9-10H2,1H3. The summed E-state index contributed by atoms with van der Waals surface area (Å²) in [6, 6.07) is 6.30. The van der Waals surface area contributed by atoms with Crippen molar-refractivity contribution in [3.63, 3.8) is 0 Å². The Bertz CT molecular complexity index is 433. The molecule has 98 valence electrons. The number of aromatic hydroxyl groups is 1. The summed E-state index contributed by atoms with van der Waals surface area (Å²) in [4.78, 5) is 2.41. The van der Waals surface area contributed by atoms with Gasteiger partial charge in [-0.25, -0.2) is 0 Å². The molecule has 0 bridgehead atoms. The van der Waals surface area contributed by atoms with Gasteiger partial charge in [-0.1, -0.05) is 6.07 Å². The summed E-state index contributed by atoms with van der Waals surface area (Å²) >= 11 is 0. The zero-order valence-electron chi connectivity index (χ0n) is 11.0. The number of aryl methyl sites for hydroxylation is 1. The van der Waals surface area contributed by atoms with Gasteiger partial charge in [-0.3, -0.25) is 0 Å². The largest absolute Gasteiger partial charge is 0.508 e. The molecule has 2 N–H and O–H groups in total. The van der Waals surface area contributed by atoms with Crippen molar-refractivity contribution >= 4 is 0 Å². The fourth-order valence-electron chi connectivity index (χ4n) is 3.32. The maximum absolute atomic E-state index is 9.49. The van der Waals surface area contributed by atoms with Crippen LogP contribution in [0.3, 0.4) is 0 Å². The Kier molecular flexibility index (Phi) is 3.27. The van der Waals surface area contributed by atoms with Gasteiger partial charge in [-0.05, 0) is 68.6 Å². The lowest BCUT2D eigenvalue weighted by Crippen LogP contribution is -2.27. The molecule has 3 heteroatoms. The summed E-state index contributed by atoms with van der Waals surface area (Å²) in [5, 5.41) is 13.2. The highest BCUT2D eigenvalue weighted by atomic mass is 16.3. The minimum absolute atomic E-state index is 0.395. The molecule has 18 heavy (non-hydrogen) atoms. The van der Waals surface area contributed by atoms with Crippen molar-refractivity contribution in [1.29, 1.82) is 0 Å². The van der Waals surface area contributed by atoms with Crippen molar-refractivity contribution < 1.29 is 5.11 Å². The van der Waals surface area contributed by atoms with Gasteiger partial charge in [0, 0.05) is 12.6 Å². The van der Waals surface area contributed by atoms with E-state index < -0.39 is 0 Å². The molecule has 0 amide bonds. The number of hydrogen-bond acceptors (Lipinski definition) is 3. The van der Waals surface area contributed by atoms with E-state index in [1.165, 1.54) is 37.1 Å². The Morgan fingerprint density at radius 3 is 3.06 bits per heavy atom. The molecule has 2 unspecified atom stereocenters. The Balaban J connectivity index is 1.59. The minimum atomic E-state index is 0.395. The first-order chi connectivity index (χ1) is 8.72. The summed E-state index contributed by atoms with van der Waals surface area (Å²) in [7, 11) is 2.20. The van der Waals surface area contributed by atoms with Crippen LogP contribution in [0.5, 0.6) is 5.75 Å². The lowest BCUT2D eigenvalue weighted by Gasteiger charge is -2.17. The van der Waals surface area contributed by atoms with Crippen LogP contribution < -0.4 is 5.32 Å². The second kappa shape index (κ2) is 4.90. The number of nitrogens with zero attached hydrogens (tertiary/aromatic N) is 1. The van der Waals surface area contributed by atoms with Gasteiger partial charge in [0.2, 0.25) is 0 Å².